The van der Waals surface area contributed by atoms with Crippen molar-refractivity contribution in [1.29, 1.82) is 0 Å². The molecule has 1 fully saturated rings. The number of carbonyl (C=O) groups is 1. The molecule has 2 aromatic heterocycles. The molecule has 0 atom stereocenters. The number of aryl methyl sites for hydroxylation is 2. The summed E-state index contributed by atoms with van der Waals surface area (Å²) >= 11 is 0. The van der Waals surface area contributed by atoms with Crippen molar-refractivity contribution in [3.05, 3.63) is 53.5 Å². The molecule has 31 heavy (non-hydrogen) atoms. The normalized spacial score (nSPS) is 15.8. The summed E-state index contributed by atoms with van der Waals surface area (Å²) in [4.78, 5) is 17.5. The fourth-order valence-corrected chi connectivity index (χ4v) is 5.30. The van der Waals surface area contributed by atoms with Crippen LogP contribution in [-0.4, -0.2) is 59.5 Å². The minimum absolute atomic E-state index is 0.115. The largest absolute Gasteiger partial charge is 0.497 e. The van der Waals surface area contributed by atoms with Crippen molar-refractivity contribution in [3.63, 3.8) is 0 Å². The van der Waals surface area contributed by atoms with Gasteiger partial charge < -0.3 is 10.1 Å². The molecular formula is C21H25N5O4S. The molecule has 1 aliphatic heterocycles. The number of hydrogen-bond acceptors (Lipinski definition) is 6. The Labute approximate surface area is 181 Å². The third kappa shape index (κ3) is 4.13. The Balaban J connectivity index is 1.42. The van der Waals surface area contributed by atoms with Crippen molar-refractivity contribution >= 4 is 21.6 Å². The molecule has 164 valence electrons. The van der Waals surface area contributed by atoms with Crippen molar-refractivity contribution in [3.8, 4) is 5.75 Å². The monoisotopic (exact) mass is 443 g/mol. The number of nitrogens with one attached hydrogen (secondary N) is 1. The van der Waals surface area contributed by atoms with Crippen LogP contribution in [0.1, 0.15) is 34.6 Å². The number of sulfonamides is 1. The van der Waals surface area contributed by atoms with E-state index in [2.05, 4.69) is 15.4 Å². The van der Waals surface area contributed by atoms with E-state index in [9.17, 15) is 13.2 Å². The van der Waals surface area contributed by atoms with Crippen LogP contribution >= 0.6 is 0 Å². The maximum absolute atomic E-state index is 12.9. The number of hydrogen-bond donors (Lipinski definition) is 1. The summed E-state index contributed by atoms with van der Waals surface area (Å²) in [6.45, 7) is 4.46. The Kier molecular flexibility index (Phi) is 5.67. The van der Waals surface area contributed by atoms with Gasteiger partial charge in [-0.15, -0.1) is 0 Å². The highest BCUT2D eigenvalue weighted by molar-refractivity contribution is 7.89. The van der Waals surface area contributed by atoms with Gasteiger partial charge >= 0.3 is 0 Å². The van der Waals surface area contributed by atoms with Crippen LogP contribution in [0, 0.1) is 13.8 Å². The summed E-state index contributed by atoms with van der Waals surface area (Å²) < 4.78 is 34.0. The molecule has 1 aliphatic rings. The molecular weight excluding hydrogens is 418 g/mol. The first kappa shape index (κ1) is 21.3. The second kappa shape index (κ2) is 8.27. The van der Waals surface area contributed by atoms with Gasteiger partial charge in [-0.2, -0.15) is 9.40 Å². The maximum atomic E-state index is 12.9. The number of ether oxygens (including phenoxy) is 1. The molecule has 0 unspecified atom stereocenters. The zero-order chi connectivity index (χ0) is 22.2. The molecule has 0 saturated carbocycles. The van der Waals surface area contributed by atoms with Crippen LogP contribution in [0.3, 0.4) is 0 Å². The van der Waals surface area contributed by atoms with Crippen LogP contribution in [0.2, 0.25) is 0 Å². The quantitative estimate of drug-likeness (QED) is 0.646. The van der Waals surface area contributed by atoms with Crippen LogP contribution < -0.4 is 10.1 Å². The predicted molar refractivity (Wildman–Crippen MR) is 115 cm³/mol. The minimum atomic E-state index is -3.58. The van der Waals surface area contributed by atoms with E-state index in [1.165, 1.54) is 17.6 Å². The summed E-state index contributed by atoms with van der Waals surface area (Å²) in [5.74, 6) is 0.358. The van der Waals surface area contributed by atoms with E-state index in [1.54, 1.807) is 28.8 Å². The average Bonchev–Trinajstić information content (AvgIpc) is 3.18. The van der Waals surface area contributed by atoms with Gasteiger partial charge in [-0.05, 0) is 57.0 Å². The Bertz CT molecular complexity index is 1210. The number of rotatable bonds is 5. The Hall–Kier alpha value is -2.98. The van der Waals surface area contributed by atoms with Gasteiger partial charge in [-0.3, -0.25) is 4.79 Å². The van der Waals surface area contributed by atoms with E-state index < -0.39 is 10.0 Å². The smallest absolute Gasteiger partial charge is 0.256 e. The minimum Gasteiger partial charge on any atom is -0.497 e. The van der Waals surface area contributed by atoms with Crippen LogP contribution in [0.5, 0.6) is 5.75 Å². The van der Waals surface area contributed by atoms with Crippen LogP contribution in [0.25, 0.3) is 5.65 Å². The summed E-state index contributed by atoms with van der Waals surface area (Å²) in [6, 6.07) is 8.14. The molecule has 3 aromatic rings. The lowest BCUT2D eigenvalue weighted by Gasteiger charge is -2.31. The van der Waals surface area contributed by atoms with Crippen LogP contribution in [-0.2, 0) is 10.0 Å². The van der Waals surface area contributed by atoms with E-state index in [-0.39, 0.29) is 16.8 Å². The molecule has 3 heterocycles. The molecule has 1 N–H and O–H groups in total. The van der Waals surface area contributed by atoms with Crippen molar-refractivity contribution in [2.45, 2.75) is 37.6 Å². The number of benzene rings is 1. The van der Waals surface area contributed by atoms with Gasteiger partial charge in [-0.25, -0.2) is 17.9 Å². The molecule has 1 aromatic carbocycles. The van der Waals surface area contributed by atoms with E-state index in [0.717, 1.165) is 11.4 Å². The standard InChI is InChI=1S/C21H25N5O4S/c1-14-12-15(2)26-20(23-14)19(13-22-26)21(27)24-16-8-10-25(11-9-16)31(28,29)18-6-4-17(30-3)5-7-18/h4-7,12-13,16H,8-11H2,1-3H3,(H,24,27). The third-order valence-corrected chi connectivity index (χ3v) is 7.42. The molecule has 0 spiro atoms. The zero-order valence-electron chi connectivity index (χ0n) is 17.7. The van der Waals surface area contributed by atoms with Gasteiger partial charge in [0.2, 0.25) is 10.0 Å². The maximum Gasteiger partial charge on any atom is 0.256 e. The summed E-state index contributed by atoms with van der Waals surface area (Å²) in [5.41, 5.74) is 2.66. The first-order chi connectivity index (χ1) is 14.8. The fraction of sp³-hybridized carbons (Fsp3) is 0.381. The second-order valence-electron chi connectivity index (χ2n) is 7.66. The Morgan fingerprint density at radius 3 is 2.48 bits per heavy atom. The number of aromatic nitrogens is 3. The van der Waals surface area contributed by atoms with Crippen molar-refractivity contribution in [1.82, 2.24) is 24.2 Å². The number of carbonyl (C=O) groups excluding carboxylic acids is 1. The summed E-state index contributed by atoms with van der Waals surface area (Å²) in [7, 11) is -2.04. The fourth-order valence-electron chi connectivity index (χ4n) is 3.83. The average molecular weight is 444 g/mol. The Morgan fingerprint density at radius 1 is 1.16 bits per heavy atom. The van der Waals surface area contributed by atoms with Gasteiger partial charge in [0.05, 0.1) is 18.2 Å². The van der Waals surface area contributed by atoms with Crippen LogP contribution in [0.4, 0.5) is 0 Å². The predicted octanol–water partition coefficient (Wildman–Crippen LogP) is 1.94. The molecule has 4 rings (SSSR count). The topological polar surface area (TPSA) is 106 Å². The van der Waals surface area contributed by atoms with Crippen molar-refractivity contribution in [2.24, 2.45) is 0 Å². The second-order valence-corrected chi connectivity index (χ2v) is 9.60. The highest BCUT2D eigenvalue weighted by atomic mass is 32.2. The number of nitrogens with zero attached hydrogens (tertiary/aromatic N) is 4. The highest BCUT2D eigenvalue weighted by Gasteiger charge is 2.30. The number of fused-ring (bicyclic) bond motifs is 1. The summed E-state index contributed by atoms with van der Waals surface area (Å²) in [6.07, 6.45) is 2.59. The van der Waals surface area contributed by atoms with Gasteiger partial charge in [0.1, 0.15) is 11.3 Å². The molecule has 1 saturated heterocycles. The third-order valence-electron chi connectivity index (χ3n) is 5.51. The number of piperidine rings is 1. The lowest BCUT2D eigenvalue weighted by Crippen LogP contribution is -2.46. The van der Waals surface area contributed by atoms with E-state index in [4.69, 9.17) is 4.74 Å². The lowest BCUT2D eigenvalue weighted by atomic mass is 10.1. The van der Waals surface area contributed by atoms with Gasteiger partial charge in [0.25, 0.3) is 5.91 Å². The van der Waals surface area contributed by atoms with Crippen molar-refractivity contribution in [2.75, 3.05) is 20.2 Å². The van der Waals surface area contributed by atoms with E-state index in [1.807, 2.05) is 19.9 Å². The molecule has 0 radical (unpaired) electrons. The molecule has 0 aliphatic carbocycles. The molecule has 0 bridgehead atoms. The lowest BCUT2D eigenvalue weighted by molar-refractivity contribution is 0.0925. The van der Waals surface area contributed by atoms with Crippen LogP contribution in [0.15, 0.2) is 41.4 Å². The first-order valence-electron chi connectivity index (χ1n) is 10.1. The van der Waals surface area contributed by atoms with E-state index in [0.29, 0.717) is 42.9 Å². The van der Waals surface area contributed by atoms with E-state index >= 15 is 0 Å². The number of methoxy groups -OCH3 is 1. The zero-order valence-corrected chi connectivity index (χ0v) is 18.5. The number of amides is 1. The molecule has 1 amide bonds. The van der Waals surface area contributed by atoms with Gasteiger partial charge in [-0.1, -0.05) is 0 Å². The Morgan fingerprint density at radius 2 is 1.84 bits per heavy atom. The highest BCUT2D eigenvalue weighted by Crippen LogP contribution is 2.23. The summed E-state index contributed by atoms with van der Waals surface area (Å²) in [5, 5.41) is 7.27. The van der Waals surface area contributed by atoms with Crippen molar-refractivity contribution < 1.29 is 17.9 Å². The van der Waals surface area contributed by atoms with Gasteiger partial charge in [0, 0.05) is 30.5 Å². The molecule has 10 heteroatoms. The molecule has 9 nitrogen and oxygen atoms in total. The SMILES string of the molecule is COc1ccc(S(=O)(=O)N2CCC(NC(=O)c3cnn4c(C)cc(C)nc34)CC2)cc1. The van der Waals surface area contributed by atoms with Gasteiger partial charge in [0.15, 0.2) is 5.65 Å². The first-order valence-corrected chi connectivity index (χ1v) is 11.5.